The van der Waals surface area contributed by atoms with Crippen molar-refractivity contribution in [3.8, 4) is 11.4 Å². The summed E-state index contributed by atoms with van der Waals surface area (Å²) in [7, 11) is -3.19. The number of benzene rings is 2. The van der Waals surface area contributed by atoms with Crippen LogP contribution >= 0.6 is 11.3 Å². The predicted molar refractivity (Wildman–Crippen MR) is 122 cm³/mol. The lowest BCUT2D eigenvalue weighted by molar-refractivity contribution is 0.599. The van der Waals surface area contributed by atoms with Crippen LogP contribution in [0.1, 0.15) is 12.0 Å². The van der Waals surface area contributed by atoms with Gasteiger partial charge in [-0.2, -0.15) is 11.3 Å². The van der Waals surface area contributed by atoms with Crippen molar-refractivity contribution in [1.82, 2.24) is 9.97 Å². The van der Waals surface area contributed by atoms with E-state index in [1.807, 2.05) is 65.4 Å². The maximum Gasteiger partial charge on any atom is 0.235 e. The van der Waals surface area contributed by atoms with Gasteiger partial charge in [-0.25, -0.2) is 18.4 Å². The first-order valence-electron chi connectivity index (χ1n) is 9.73. The number of nitrogens with zero attached hydrogens (tertiary/aromatic N) is 3. The third kappa shape index (κ3) is 3.64. The molecule has 4 aromatic rings. The van der Waals surface area contributed by atoms with Gasteiger partial charge >= 0.3 is 0 Å². The van der Waals surface area contributed by atoms with Crippen LogP contribution in [0.15, 0.2) is 65.4 Å². The van der Waals surface area contributed by atoms with E-state index in [4.69, 9.17) is 9.97 Å². The molecule has 2 aromatic heterocycles. The van der Waals surface area contributed by atoms with Crippen molar-refractivity contribution in [2.24, 2.45) is 0 Å². The van der Waals surface area contributed by atoms with Crippen molar-refractivity contribution in [1.29, 1.82) is 0 Å². The van der Waals surface area contributed by atoms with Gasteiger partial charge in [0, 0.05) is 29.4 Å². The topological polar surface area (TPSA) is 75.2 Å². The van der Waals surface area contributed by atoms with Gasteiger partial charge in [-0.1, -0.05) is 24.3 Å². The van der Waals surface area contributed by atoms with Crippen LogP contribution in [0.25, 0.3) is 22.3 Å². The number of rotatable bonds is 5. The van der Waals surface area contributed by atoms with Gasteiger partial charge in [-0.05, 0) is 47.7 Å². The maximum atomic E-state index is 12.2. The second-order valence-electron chi connectivity index (χ2n) is 7.19. The largest absolute Gasteiger partial charge is 0.365 e. The smallest absolute Gasteiger partial charge is 0.235 e. The molecule has 2 aromatic carbocycles. The quantitative estimate of drug-likeness (QED) is 0.498. The Labute approximate surface area is 179 Å². The molecule has 0 radical (unpaired) electrons. The van der Waals surface area contributed by atoms with Gasteiger partial charge in [0.2, 0.25) is 10.0 Å². The molecule has 0 unspecified atom stereocenters. The summed E-state index contributed by atoms with van der Waals surface area (Å²) in [5, 5.41) is 8.43. The van der Waals surface area contributed by atoms with Gasteiger partial charge in [-0.3, -0.25) is 4.31 Å². The fraction of sp³-hybridized carbons (Fsp3) is 0.182. The molecule has 1 N–H and O–H groups in total. The number of hydrogen-bond donors (Lipinski definition) is 1. The monoisotopic (exact) mass is 436 g/mol. The minimum Gasteiger partial charge on any atom is -0.365 e. The van der Waals surface area contributed by atoms with Crippen molar-refractivity contribution < 1.29 is 8.42 Å². The lowest BCUT2D eigenvalue weighted by Gasteiger charge is -2.18. The lowest BCUT2D eigenvalue weighted by atomic mass is 10.2. The average molecular weight is 437 g/mol. The van der Waals surface area contributed by atoms with Crippen molar-refractivity contribution >= 4 is 43.8 Å². The predicted octanol–water partition coefficient (Wildman–Crippen LogP) is 4.51. The number of hydrogen-bond acceptors (Lipinski definition) is 6. The standard InChI is InChI=1S/C22H20N4O2S2/c27-30(28)12-4-10-26(30)18-6-3-5-16(13-18)14-23-22-19-7-1-2-8-20(19)24-21(25-22)17-9-11-29-15-17/h1-3,5-9,11,13,15H,4,10,12,14H2,(H,23,24,25). The van der Waals surface area contributed by atoms with Gasteiger partial charge in [-0.15, -0.1) is 0 Å². The molecule has 0 spiro atoms. The van der Waals surface area contributed by atoms with Gasteiger partial charge < -0.3 is 5.32 Å². The molecule has 3 heterocycles. The number of anilines is 2. The Morgan fingerprint density at radius 3 is 2.77 bits per heavy atom. The Morgan fingerprint density at radius 2 is 1.97 bits per heavy atom. The maximum absolute atomic E-state index is 12.2. The average Bonchev–Trinajstić information content (AvgIpc) is 3.41. The van der Waals surface area contributed by atoms with E-state index in [0.717, 1.165) is 33.5 Å². The van der Waals surface area contributed by atoms with E-state index in [9.17, 15) is 8.42 Å². The van der Waals surface area contributed by atoms with E-state index in [1.54, 1.807) is 11.3 Å². The summed E-state index contributed by atoms with van der Waals surface area (Å²) in [5.74, 6) is 1.67. The van der Waals surface area contributed by atoms with Crippen molar-refractivity contribution in [2.45, 2.75) is 13.0 Å². The Morgan fingerprint density at radius 1 is 1.07 bits per heavy atom. The number of aromatic nitrogens is 2. The minimum absolute atomic E-state index is 0.216. The fourth-order valence-corrected chi connectivity index (χ4v) is 5.86. The summed E-state index contributed by atoms with van der Waals surface area (Å²) in [6, 6.07) is 17.6. The third-order valence-corrected chi connectivity index (χ3v) is 7.69. The van der Waals surface area contributed by atoms with E-state index in [1.165, 1.54) is 4.31 Å². The Kier molecular flexibility index (Phi) is 4.88. The van der Waals surface area contributed by atoms with Crippen LogP contribution in [0, 0.1) is 0 Å². The molecular formula is C22H20N4O2S2. The summed E-state index contributed by atoms with van der Waals surface area (Å²) in [6.07, 6.45) is 0.670. The highest BCUT2D eigenvalue weighted by atomic mass is 32.2. The molecule has 1 aliphatic rings. The molecule has 5 rings (SSSR count). The Balaban J connectivity index is 1.45. The van der Waals surface area contributed by atoms with Crippen molar-refractivity contribution in [3.05, 3.63) is 70.9 Å². The molecule has 1 fully saturated rings. The number of fused-ring (bicyclic) bond motifs is 1. The number of sulfonamides is 1. The molecule has 0 aliphatic carbocycles. The van der Waals surface area contributed by atoms with Crippen molar-refractivity contribution in [3.63, 3.8) is 0 Å². The van der Waals surface area contributed by atoms with Gasteiger partial charge in [0.1, 0.15) is 5.82 Å². The first-order chi connectivity index (χ1) is 14.6. The van der Waals surface area contributed by atoms with Crippen LogP contribution in [0.4, 0.5) is 11.5 Å². The van der Waals surface area contributed by atoms with E-state index in [2.05, 4.69) is 5.32 Å². The first kappa shape index (κ1) is 19.0. The van der Waals surface area contributed by atoms with E-state index in [0.29, 0.717) is 25.3 Å². The zero-order valence-corrected chi connectivity index (χ0v) is 17.8. The molecule has 30 heavy (non-hydrogen) atoms. The minimum atomic E-state index is -3.19. The zero-order chi connectivity index (χ0) is 20.6. The zero-order valence-electron chi connectivity index (χ0n) is 16.2. The first-order valence-corrected chi connectivity index (χ1v) is 12.3. The van der Waals surface area contributed by atoms with Gasteiger partial charge in [0.05, 0.1) is 17.0 Å². The summed E-state index contributed by atoms with van der Waals surface area (Å²) in [5.41, 5.74) is 3.59. The number of para-hydroxylation sites is 1. The molecule has 0 amide bonds. The van der Waals surface area contributed by atoms with Crippen LogP contribution < -0.4 is 9.62 Å². The molecule has 0 atom stereocenters. The van der Waals surface area contributed by atoms with Crippen LogP contribution in [-0.4, -0.2) is 30.7 Å². The summed E-state index contributed by atoms with van der Waals surface area (Å²) in [4.78, 5) is 9.46. The highest BCUT2D eigenvalue weighted by Crippen LogP contribution is 2.28. The summed E-state index contributed by atoms with van der Waals surface area (Å²) in [6.45, 7) is 1.07. The molecule has 0 saturated carbocycles. The van der Waals surface area contributed by atoms with E-state index >= 15 is 0 Å². The van der Waals surface area contributed by atoms with E-state index in [-0.39, 0.29) is 5.75 Å². The fourth-order valence-electron chi connectivity index (χ4n) is 3.67. The van der Waals surface area contributed by atoms with Crippen LogP contribution in [-0.2, 0) is 16.6 Å². The highest BCUT2D eigenvalue weighted by molar-refractivity contribution is 7.93. The number of thiophene rings is 1. The second kappa shape index (κ2) is 7.70. The van der Waals surface area contributed by atoms with Crippen molar-refractivity contribution in [2.75, 3.05) is 21.9 Å². The molecule has 1 aliphatic heterocycles. The molecular weight excluding hydrogens is 416 g/mol. The summed E-state index contributed by atoms with van der Waals surface area (Å²) < 4.78 is 26.0. The lowest BCUT2D eigenvalue weighted by Crippen LogP contribution is -2.25. The number of nitrogens with one attached hydrogen (secondary N) is 1. The molecule has 1 saturated heterocycles. The molecule has 152 valence electrons. The normalized spacial score (nSPS) is 15.5. The van der Waals surface area contributed by atoms with Crippen LogP contribution in [0.3, 0.4) is 0 Å². The molecule has 8 heteroatoms. The van der Waals surface area contributed by atoms with Crippen LogP contribution in [0.2, 0.25) is 0 Å². The molecule has 0 bridgehead atoms. The third-order valence-electron chi connectivity index (χ3n) is 5.14. The molecule has 6 nitrogen and oxygen atoms in total. The SMILES string of the molecule is O=S1(=O)CCCN1c1cccc(CNc2nc(-c3ccsc3)nc3ccccc23)c1. The van der Waals surface area contributed by atoms with Gasteiger partial charge in [0.25, 0.3) is 0 Å². The second-order valence-corrected chi connectivity index (χ2v) is 9.98. The summed E-state index contributed by atoms with van der Waals surface area (Å²) >= 11 is 1.62. The Hall–Kier alpha value is -2.97. The van der Waals surface area contributed by atoms with E-state index < -0.39 is 10.0 Å². The highest BCUT2D eigenvalue weighted by Gasteiger charge is 2.28. The Bertz CT molecular complexity index is 1300. The van der Waals surface area contributed by atoms with Crippen LogP contribution in [0.5, 0.6) is 0 Å². The van der Waals surface area contributed by atoms with Gasteiger partial charge in [0.15, 0.2) is 5.82 Å².